The van der Waals surface area contributed by atoms with Crippen molar-refractivity contribution >= 4 is 0 Å². The molecule has 0 aliphatic heterocycles. The van der Waals surface area contributed by atoms with Gasteiger partial charge in [-0.3, -0.25) is 0 Å². The topological polar surface area (TPSA) is 58.0 Å². The summed E-state index contributed by atoms with van der Waals surface area (Å²) < 4.78 is 5.89. The van der Waals surface area contributed by atoms with E-state index in [9.17, 15) is 0 Å². The Balaban J connectivity index is 1.82. The molecule has 0 spiro atoms. The van der Waals surface area contributed by atoms with Crippen molar-refractivity contribution in [2.24, 2.45) is 5.11 Å². The van der Waals surface area contributed by atoms with Crippen molar-refractivity contribution in [2.75, 3.05) is 0 Å². The van der Waals surface area contributed by atoms with Gasteiger partial charge in [0.25, 0.3) is 0 Å². The van der Waals surface area contributed by atoms with Crippen LogP contribution in [0.25, 0.3) is 21.6 Å². The number of hydrogen-bond acceptors (Lipinski definition) is 2. The Morgan fingerprint density at radius 1 is 0.875 bits per heavy atom. The summed E-state index contributed by atoms with van der Waals surface area (Å²) >= 11 is 0. The zero-order chi connectivity index (χ0) is 16.6. The molecule has 0 atom stereocenters. The summed E-state index contributed by atoms with van der Waals surface area (Å²) in [4.78, 5) is 2.85. The van der Waals surface area contributed by atoms with Gasteiger partial charge in [0.15, 0.2) is 0 Å². The van der Waals surface area contributed by atoms with Crippen LogP contribution in [0.3, 0.4) is 0 Å². The number of rotatable bonds is 6. The van der Waals surface area contributed by atoms with Crippen LogP contribution < -0.4 is 4.74 Å². The largest absolute Gasteiger partial charge is 0.489 e. The molecule has 3 aromatic carbocycles. The predicted molar refractivity (Wildman–Crippen MR) is 95.5 cm³/mol. The number of benzene rings is 3. The van der Waals surface area contributed by atoms with E-state index in [0.717, 1.165) is 28.0 Å². The standard InChI is InChI=1S/C20H17N3O/c21-23-22-14-18-9-4-5-12-20(18)17-10-6-11-19(13-17)24-15-16-7-2-1-3-8-16/h1-13H,14-15H2. The molecule has 4 heteroatoms. The Bertz CT molecular complexity index is 856. The first-order chi connectivity index (χ1) is 11.9. The Labute approximate surface area is 141 Å². The summed E-state index contributed by atoms with van der Waals surface area (Å²) in [5.74, 6) is 0.815. The van der Waals surface area contributed by atoms with Crippen molar-refractivity contribution in [2.45, 2.75) is 13.2 Å². The number of ether oxygens (including phenoxy) is 1. The molecule has 0 saturated heterocycles. The molecule has 0 amide bonds. The van der Waals surface area contributed by atoms with Crippen molar-refractivity contribution in [3.63, 3.8) is 0 Å². The summed E-state index contributed by atoms with van der Waals surface area (Å²) in [7, 11) is 0. The van der Waals surface area contributed by atoms with Gasteiger partial charge in [0.2, 0.25) is 0 Å². The van der Waals surface area contributed by atoms with Crippen molar-refractivity contribution in [3.05, 3.63) is 100 Å². The van der Waals surface area contributed by atoms with Crippen LogP contribution in [-0.2, 0) is 13.2 Å². The van der Waals surface area contributed by atoms with E-state index in [-0.39, 0.29) is 0 Å². The highest BCUT2D eigenvalue weighted by Crippen LogP contribution is 2.28. The fourth-order valence-corrected chi connectivity index (χ4v) is 2.54. The maximum Gasteiger partial charge on any atom is 0.120 e. The van der Waals surface area contributed by atoms with Gasteiger partial charge < -0.3 is 4.74 Å². The van der Waals surface area contributed by atoms with Crippen molar-refractivity contribution < 1.29 is 4.74 Å². The molecule has 118 valence electrons. The number of nitrogens with zero attached hydrogens (tertiary/aromatic N) is 3. The smallest absolute Gasteiger partial charge is 0.120 e. The molecule has 0 heterocycles. The van der Waals surface area contributed by atoms with Crippen molar-refractivity contribution in [1.82, 2.24) is 0 Å². The quantitative estimate of drug-likeness (QED) is 0.325. The molecule has 0 fully saturated rings. The minimum atomic E-state index is 0.335. The van der Waals surface area contributed by atoms with E-state index < -0.39 is 0 Å². The maximum absolute atomic E-state index is 8.55. The Kier molecular flexibility index (Phi) is 5.13. The molecular formula is C20H17N3O. The summed E-state index contributed by atoms with van der Waals surface area (Å²) in [6.45, 7) is 0.867. The molecule has 0 N–H and O–H groups in total. The molecule has 0 unspecified atom stereocenters. The van der Waals surface area contributed by atoms with Crippen LogP contribution in [0.15, 0.2) is 84.0 Å². The molecule has 3 aromatic rings. The fraction of sp³-hybridized carbons (Fsp3) is 0.100. The highest BCUT2D eigenvalue weighted by atomic mass is 16.5. The third-order valence-electron chi connectivity index (χ3n) is 3.72. The van der Waals surface area contributed by atoms with Gasteiger partial charge in [0, 0.05) is 4.91 Å². The van der Waals surface area contributed by atoms with Crippen LogP contribution in [-0.4, -0.2) is 0 Å². The Hall–Kier alpha value is -3.23. The zero-order valence-corrected chi connectivity index (χ0v) is 13.2. The second-order valence-corrected chi connectivity index (χ2v) is 5.35. The molecule has 4 nitrogen and oxygen atoms in total. The molecular weight excluding hydrogens is 298 g/mol. The fourth-order valence-electron chi connectivity index (χ4n) is 2.54. The lowest BCUT2D eigenvalue weighted by Crippen LogP contribution is -1.95. The average Bonchev–Trinajstić information content (AvgIpc) is 2.66. The molecule has 0 saturated carbocycles. The lowest BCUT2D eigenvalue weighted by atomic mass is 9.99. The van der Waals surface area contributed by atoms with Crippen molar-refractivity contribution in [1.29, 1.82) is 0 Å². The predicted octanol–water partition coefficient (Wildman–Crippen LogP) is 5.74. The molecule has 0 bridgehead atoms. The monoisotopic (exact) mass is 315 g/mol. The first-order valence-corrected chi connectivity index (χ1v) is 7.73. The van der Waals surface area contributed by atoms with Gasteiger partial charge in [0.1, 0.15) is 12.4 Å². The molecule has 0 aromatic heterocycles. The number of hydrogen-bond donors (Lipinski definition) is 0. The van der Waals surface area contributed by atoms with Gasteiger partial charge in [-0.2, -0.15) is 0 Å². The summed E-state index contributed by atoms with van der Waals surface area (Å²) in [5.41, 5.74) is 12.8. The van der Waals surface area contributed by atoms with E-state index in [4.69, 9.17) is 10.3 Å². The van der Waals surface area contributed by atoms with E-state index in [0.29, 0.717) is 13.2 Å². The van der Waals surface area contributed by atoms with E-state index in [1.165, 1.54) is 0 Å². The SMILES string of the molecule is [N-]=[N+]=NCc1ccccc1-c1cccc(OCc2ccccc2)c1. The maximum atomic E-state index is 8.55. The molecule has 3 rings (SSSR count). The molecule has 0 radical (unpaired) electrons. The van der Waals surface area contributed by atoms with E-state index in [2.05, 4.69) is 10.0 Å². The van der Waals surface area contributed by atoms with E-state index >= 15 is 0 Å². The van der Waals surface area contributed by atoms with Crippen LogP contribution in [0.4, 0.5) is 0 Å². The van der Waals surface area contributed by atoms with Gasteiger partial charge in [0.05, 0.1) is 6.54 Å². The summed E-state index contributed by atoms with van der Waals surface area (Å²) in [6.07, 6.45) is 0. The van der Waals surface area contributed by atoms with E-state index in [1.807, 2.05) is 78.9 Å². The second kappa shape index (κ2) is 7.86. The lowest BCUT2D eigenvalue weighted by molar-refractivity contribution is 0.306. The van der Waals surface area contributed by atoms with Gasteiger partial charge in [-0.1, -0.05) is 71.8 Å². The average molecular weight is 315 g/mol. The highest BCUT2D eigenvalue weighted by Gasteiger charge is 2.05. The minimum absolute atomic E-state index is 0.335. The van der Waals surface area contributed by atoms with Crippen LogP contribution in [0.1, 0.15) is 11.1 Å². The first kappa shape index (κ1) is 15.7. The zero-order valence-electron chi connectivity index (χ0n) is 13.2. The van der Waals surface area contributed by atoms with Gasteiger partial charge in [-0.05, 0) is 39.9 Å². The van der Waals surface area contributed by atoms with E-state index in [1.54, 1.807) is 0 Å². The van der Waals surface area contributed by atoms with Crippen molar-refractivity contribution in [3.8, 4) is 16.9 Å². The molecule has 0 aliphatic rings. The summed E-state index contributed by atoms with van der Waals surface area (Å²) in [5, 5.41) is 3.68. The highest BCUT2D eigenvalue weighted by molar-refractivity contribution is 5.68. The Morgan fingerprint density at radius 3 is 2.50 bits per heavy atom. The summed E-state index contributed by atoms with van der Waals surface area (Å²) in [6, 6.07) is 26.0. The molecule has 24 heavy (non-hydrogen) atoms. The lowest BCUT2D eigenvalue weighted by Gasteiger charge is -2.11. The Morgan fingerprint density at radius 2 is 1.67 bits per heavy atom. The molecule has 0 aliphatic carbocycles. The number of azide groups is 1. The van der Waals surface area contributed by atoms with Crippen LogP contribution in [0, 0.1) is 0 Å². The van der Waals surface area contributed by atoms with Crippen LogP contribution >= 0.6 is 0 Å². The van der Waals surface area contributed by atoms with Gasteiger partial charge in [-0.15, -0.1) is 0 Å². The van der Waals surface area contributed by atoms with Crippen LogP contribution in [0.5, 0.6) is 5.75 Å². The van der Waals surface area contributed by atoms with Gasteiger partial charge in [-0.25, -0.2) is 0 Å². The second-order valence-electron chi connectivity index (χ2n) is 5.35. The van der Waals surface area contributed by atoms with Gasteiger partial charge >= 0.3 is 0 Å². The third-order valence-corrected chi connectivity index (χ3v) is 3.72. The normalized spacial score (nSPS) is 10.0. The minimum Gasteiger partial charge on any atom is -0.489 e. The first-order valence-electron chi connectivity index (χ1n) is 7.73. The third kappa shape index (κ3) is 3.94. The van der Waals surface area contributed by atoms with Crippen LogP contribution in [0.2, 0.25) is 0 Å².